The summed E-state index contributed by atoms with van der Waals surface area (Å²) in [5.41, 5.74) is 5.23. The van der Waals surface area contributed by atoms with Crippen LogP contribution in [0.4, 0.5) is 0 Å². The molecule has 0 aromatic carbocycles. The molecule has 1 fully saturated rings. The van der Waals surface area contributed by atoms with Crippen molar-refractivity contribution in [1.29, 1.82) is 0 Å². The monoisotopic (exact) mass is 184 g/mol. The third kappa shape index (κ3) is 2.69. The molecule has 0 aromatic rings. The van der Waals surface area contributed by atoms with Crippen LogP contribution >= 0.6 is 0 Å². The summed E-state index contributed by atoms with van der Waals surface area (Å²) in [6, 6.07) is 0. The van der Waals surface area contributed by atoms with Crippen molar-refractivity contribution in [3.63, 3.8) is 0 Å². The predicted molar refractivity (Wildman–Crippen MR) is 53.2 cm³/mol. The predicted octanol–water partition coefficient (Wildman–Crippen LogP) is 1.03. The number of rotatable bonds is 3. The van der Waals surface area contributed by atoms with Crippen LogP contribution in [0.2, 0.25) is 0 Å². The standard InChI is InChI=1S/C10H20N2O/c1-8-5-3-4-6-10(8,2)12-7-9(11)13/h8,12H,3-7H2,1-2H3,(H2,11,13). The number of hydrogen-bond donors (Lipinski definition) is 2. The Bertz CT molecular complexity index is 193. The lowest BCUT2D eigenvalue weighted by Crippen LogP contribution is -2.52. The Morgan fingerprint density at radius 1 is 1.62 bits per heavy atom. The Morgan fingerprint density at radius 2 is 2.31 bits per heavy atom. The van der Waals surface area contributed by atoms with Crippen molar-refractivity contribution >= 4 is 5.91 Å². The van der Waals surface area contributed by atoms with Gasteiger partial charge in [0.15, 0.2) is 0 Å². The van der Waals surface area contributed by atoms with Crippen molar-refractivity contribution in [3.05, 3.63) is 0 Å². The molecule has 0 bridgehead atoms. The van der Waals surface area contributed by atoms with Crippen LogP contribution in [0.5, 0.6) is 0 Å². The summed E-state index contributed by atoms with van der Waals surface area (Å²) in [5, 5.41) is 3.27. The molecule has 1 saturated carbocycles. The number of carbonyl (C=O) groups is 1. The Balaban J connectivity index is 2.46. The zero-order valence-corrected chi connectivity index (χ0v) is 8.60. The number of nitrogens with one attached hydrogen (secondary N) is 1. The van der Waals surface area contributed by atoms with E-state index in [1.807, 2.05) is 0 Å². The molecule has 0 aromatic heterocycles. The second-order valence-electron chi connectivity index (χ2n) is 4.38. The van der Waals surface area contributed by atoms with E-state index >= 15 is 0 Å². The lowest BCUT2D eigenvalue weighted by molar-refractivity contribution is -0.117. The third-order valence-corrected chi connectivity index (χ3v) is 3.34. The number of hydrogen-bond acceptors (Lipinski definition) is 2. The van der Waals surface area contributed by atoms with Gasteiger partial charge in [-0.1, -0.05) is 19.8 Å². The second kappa shape index (κ2) is 4.09. The van der Waals surface area contributed by atoms with E-state index in [1.165, 1.54) is 19.3 Å². The highest BCUT2D eigenvalue weighted by molar-refractivity contribution is 5.76. The van der Waals surface area contributed by atoms with Gasteiger partial charge in [-0.15, -0.1) is 0 Å². The molecular weight excluding hydrogens is 164 g/mol. The Morgan fingerprint density at radius 3 is 2.85 bits per heavy atom. The van der Waals surface area contributed by atoms with Crippen LogP contribution in [0, 0.1) is 5.92 Å². The summed E-state index contributed by atoms with van der Waals surface area (Å²) in [6.07, 6.45) is 4.98. The van der Waals surface area contributed by atoms with Gasteiger partial charge in [-0.3, -0.25) is 4.79 Å². The van der Waals surface area contributed by atoms with E-state index in [4.69, 9.17) is 5.73 Å². The maximum Gasteiger partial charge on any atom is 0.231 e. The minimum atomic E-state index is -0.265. The summed E-state index contributed by atoms with van der Waals surface area (Å²) in [7, 11) is 0. The smallest absolute Gasteiger partial charge is 0.231 e. The van der Waals surface area contributed by atoms with Gasteiger partial charge in [0, 0.05) is 5.54 Å². The molecule has 0 radical (unpaired) electrons. The van der Waals surface area contributed by atoms with Gasteiger partial charge in [-0.2, -0.15) is 0 Å². The van der Waals surface area contributed by atoms with Gasteiger partial charge >= 0.3 is 0 Å². The Labute approximate surface area is 80.1 Å². The van der Waals surface area contributed by atoms with E-state index in [9.17, 15) is 4.79 Å². The molecule has 2 atom stereocenters. The molecule has 0 aliphatic heterocycles. The molecule has 2 unspecified atom stereocenters. The molecule has 1 aliphatic rings. The first-order chi connectivity index (χ1) is 6.04. The number of carbonyl (C=O) groups excluding carboxylic acids is 1. The van der Waals surface area contributed by atoms with E-state index in [2.05, 4.69) is 19.2 Å². The Kier molecular flexibility index (Phi) is 3.31. The van der Waals surface area contributed by atoms with Crippen molar-refractivity contribution in [3.8, 4) is 0 Å². The summed E-state index contributed by atoms with van der Waals surface area (Å²) in [5.74, 6) is 0.375. The average molecular weight is 184 g/mol. The minimum absolute atomic E-state index is 0.118. The summed E-state index contributed by atoms with van der Waals surface area (Å²) < 4.78 is 0. The summed E-state index contributed by atoms with van der Waals surface area (Å²) in [6.45, 7) is 4.74. The van der Waals surface area contributed by atoms with Gasteiger partial charge in [0.2, 0.25) is 5.91 Å². The first-order valence-corrected chi connectivity index (χ1v) is 5.08. The van der Waals surface area contributed by atoms with Gasteiger partial charge < -0.3 is 11.1 Å². The highest BCUT2D eigenvalue weighted by Crippen LogP contribution is 2.32. The Hall–Kier alpha value is -0.570. The van der Waals surface area contributed by atoms with Crippen molar-refractivity contribution in [1.82, 2.24) is 5.32 Å². The lowest BCUT2D eigenvalue weighted by atomic mass is 9.75. The summed E-state index contributed by atoms with van der Waals surface area (Å²) >= 11 is 0. The van der Waals surface area contributed by atoms with Crippen LogP contribution in [-0.2, 0) is 4.79 Å². The summed E-state index contributed by atoms with van der Waals surface area (Å²) in [4.78, 5) is 10.7. The van der Waals surface area contributed by atoms with Crippen LogP contribution in [0.3, 0.4) is 0 Å². The van der Waals surface area contributed by atoms with Crippen molar-refractivity contribution < 1.29 is 4.79 Å². The van der Waals surface area contributed by atoms with Gasteiger partial charge in [-0.05, 0) is 25.7 Å². The number of primary amides is 1. The molecule has 3 N–H and O–H groups in total. The quantitative estimate of drug-likeness (QED) is 0.688. The molecule has 0 heterocycles. The second-order valence-corrected chi connectivity index (χ2v) is 4.38. The fourth-order valence-electron chi connectivity index (χ4n) is 2.06. The SMILES string of the molecule is CC1CCCCC1(C)NCC(N)=O. The van der Waals surface area contributed by atoms with E-state index in [1.54, 1.807) is 0 Å². The first kappa shape index (κ1) is 10.5. The van der Waals surface area contributed by atoms with Gasteiger partial charge in [-0.25, -0.2) is 0 Å². The maximum absolute atomic E-state index is 10.7. The minimum Gasteiger partial charge on any atom is -0.369 e. The zero-order chi connectivity index (χ0) is 9.90. The zero-order valence-electron chi connectivity index (χ0n) is 8.60. The number of nitrogens with two attached hydrogens (primary N) is 1. The fourth-order valence-corrected chi connectivity index (χ4v) is 2.06. The third-order valence-electron chi connectivity index (χ3n) is 3.34. The van der Waals surface area contributed by atoms with Crippen LogP contribution < -0.4 is 11.1 Å². The largest absolute Gasteiger partial charge is 0.369 e. The molecule has 1 aliphatic carbocycles. The fraction of sp³-hybridized carbons (Fsp3) is 0.900. The molecule has 0 spiro atoms. The van der Waals surface area contributed by atoms with Gasteiger partial charge in [0.1, 0.15) is 0 Å². The normalized spacial score (nSPS) is 34.5. The molecule has 0 saturated heterocycles. The van der Waals surface area contributed by atoms with Crippen molar-refractivity contribution in [2.75, 3.05) is 6.54 Å². The molecule has 3 nitrogen and oxygen atoms in total. The highest BCUT2D eigenvalue weighted by atomic mass is 16.1. The lowest BCUT2D eigenvalue weighted by Gasteiger charge is -2.40. The van der Waals surface area contributed by atoms with E-state index < -0.39 is 0 Å². The van der Waals surface area contributed by atoms with Crippen molar-refractivity contribution in [2.24, 2.45) is 11.7 Å². The highest BCUT2D eigenvalue weighted by Gasteiger charge is 2.32. The molecule has 76 valence electrons. The molecule has 1 rings (SSSR count). The van der Waals surface area contributed by atoms with Gasteiger partial charge in [0.25, 0.3) is 0 Å². The average Bonchev–Trinajstić information content (AvgIpc) is 2.07. The molecule has 3 heteroatoms. The molecule has 1 amide bonds. The van der Waals surface area contributed by atoms with Crippen LogP contribution in [0.15, 0.2) is 0 Å². The topological polar surface area (TPSA) is 55.1 Å². The van der Waals surface area contributed by atoms with E-state index in [0.29, 0.717) is 12.5 Å². The van der Waals surface area contributed by atoms with Gasteiger partial charge in [0.05, 0.1) is 6.54 Å². The van der Waals surface area contributed by atoms with Crippen LogP contribution in [0.1, 0.15) is 39.5 Å². The number of amides is 1. The molecule has 13 heavy (non-hydrogen) atoms. The molecular formula is C10H20N2O. The first-order valence-electron chi connectivity index (χ1n) is 5.08. The van der Waals surface area contributed by atoms with E-state index in [0.717, 1.165) is 6.42 Å². The van der Waals surface area contributed by atoms with Crippen molar-refractivity contribution in [2.45, 2.75) is 45.1 Å². The maximum atomic E-state index is 10.7. The van der Waals surface area contributed by atoms with Crippen LogP contribution in [-0.4, -0.2) is 18.0 Å². The van der Waals surface area contributed by atoms with Crippen LogP contribution in [0.25, 0.3) is 0 Å². The van der Waals surface area contributed by atoms with E-state index in [-0.39, 0.29) is 11.4 Å².